The van der Waals surface area contributed by atoms with Crippen molar-refractivity contribution >= 4 is 0 Å². The van der Waals surface area contributed by atoms with Crippen molar-refractivity contribution in [1.29, 1.82) is 0 Å². The summed E-state index contributed by atoms with van der Waals surface area (Å²) in [6, 6.07) is 0. The van der Waals surface area contributed by atoms with E-state index in [-0.39, 0.29) is 0 Å². The van der Waals surface area contributed by atoms with Crippen LogP contribution in [0.15, 0.2) is 0 Å². The molecule has 0 aromatic heterocycles. The molecular weight excluding hydrogens is 256 g/mol. The molecule has 2 rings (SSSR count). The van der Waals surface area contributed by atoms with Crippen molar-refractivity contribution in [2.45, 2.75) is 67.2 Å². The first-order valence-corrected chi connectivity index (χ1v) is 9.60. The SMILES string of the molecule is CC.CC.CCC1CCN(CC2CCN(C)CC2)CC1C. The highest BCUT2D eigenvalue weighted by Gasteiger charge is 2.27. The molecule has 2 heterocycles. The molecule has 2 nitrogen and oxygen atoms in total. The fourth-order valence-electron chi connectivity index (χ4n) is 3.66. The van der Waals surface area contributed by atoms with E-state index in [4.69, 9.17) is 0 Å². The van der Waals surface area contributed by atoms with Gasteiger partial charge in [0, 0.05) is 13.1 Å². The van der Waals surface area contributed by atoms with Crippen LogP contribution in [-0.2, 0) is 0 Å². The van der Waals surface area contributed by atoms with Gasteiger partial charge in [0.25, 0.3) is 0 Å². The van der Waals surface area contributed by atoms with Gasteiger partial charge in [0.05, 0.1) is 0 Å². The van der Waals surface area contributed by atoms with Gasteiger partial charge >= 0.3 is 0 Å². The maximum Gasteiger partial charge on any atom is 0.00107 e. The summed E-state index contributed by atoms with van der Waals surface area (Å²) in [5.41, 5.74) is 0. The summed E-state index contributed by atoms with van der Waals surface area (Å²) in [7, 11) is 2.25. The molecule has 0 aliphatic carbocycles. The summed E-state index contributed by atoms with van der Waals surface area (Å²) in [4.78, 5) is 5.22. The van der Waals surface area contributed by atoms with E-state index in [0.717, 1.165) is 17.8 Å². The Morgan fingerprint density at radius 1 is 0.905 bits per heavy atom. The van der Waals surface area contributed by atoms with E-state index in [1.54, 1.807) is 0 Å². The number of likely N-dealkylation sites (tertiary alicyclic amines) is 2. The van der Waals surface area contributed by atoms with Crippen LogP contribution in [0.4, 0.5) is 0 Å². The van der Waals surface area contributed by atoms with E-state index < -0.39 is 0 Å². The first kappa shape index (κ1) is 20.9. The van der Waals surface area contributed by atoms with Crippen LogP contribution >= 0.6 is 0 Å². The summed E-state index contributed by atoms with van der Waals surface area (Å²) in [6.07, 6.45) is 5.64. The molecule has 2 aliphatic rings. The molecule has 2 aliphatic heterocycles. The molecule has 2 saturated heterocycles. The first-order valence-electron chi connectivity index (χ1n) is 9.60. The van der Waals surface area contributed by atoms with Crippen LogP contribution in [0.2, 0.25) is 0 Å². The van der Waals surface area contributed by atoms with Crippen LogP contribution < -0.4 is 0 Å². The van der Waals surface area contributed by atoms with Gasteiger partial charge in [0.1, 0.15) is 0 Å². The van der Waals surface area contributed by atoms with Crippen LogP contribution in [0.25, 0.3) is 0 Å². The maximum atomic E-state index is 2.74. The van der Waals surface area contributed by atoms with E-state index in [1.807, 2.05) is 27.7 Å². The van der Waals surface area contributed by atoms with E-state index >= 15 is 0 Å². The lowest BCUT2D eigenvalue weighted by molar-refractivity contribution is 0.0928. The number of hydrogen-bond donors (Lipinski definition) is 0. The predicted octanol–water partition coefficient (Wildman–Crippen LogP) is 4.75. The third kappa shape index (κ3) is 7.65. The molecule has 2 heteroatoms. The lowest BCUT2D eigenvalue weighted by Crippen LogP contribution is -2.43. The monoisotopic (exact) mass is 298 g/mol. The summed E-state index contributed by atoms with van der Waals surface area (Å²) in [5.74, 6) is 2.88. The Hall–Kier alpha value is -0.0800. The van der Waals surface area contributed by atoms with E-state index in [1.165, 1.54) is 58.4 Å². The van der Waals surface area contributed by atoms with Crippen molar-refractivity contribution in [3.63, 3.8) is 0 Å². The van der Waals surface area contributed by atoms with E-state index in [0.29, 0.717) is 0 Å². The molecule has 21 heavy (non-hydrogen) atoms. The molecule has 0 N–H and O–H groups in total. The van der Waals surface area contributed by atoms with Gasteiger partial charge in [-0.2, -0.15) is 0 Å². The lowest BCUT2D eigenvalue weighted by atomic mass is 9.84. The maximum absolute atomic E-state index is 2.74. The second-order valence-electron chi connectivity index (χ2n) is 6.44. The summed E-state index contributed by atoms with van der Waals surface area (Å²) >= 11 is 0. The smallest absolute Gasteiger partial charge is 0.00107 e. The standard InChI is InChI=1S/C15H30N2.2C2H6/c1-4-15-7-10-17(11-13(15)2)12-14-5-8-16(3)9-6-14;2*1-2/h13-15H,4-12H2,1-3H3;2*1-2H3. The second kappa shape index (κ2) is 12.5. The van der Waals surface area contributed by atoms with Crippen molar-refractivity contribution in [2.75, 3.05) is 39.8 Å². The zero-order valence-electron chi connectivity index (χ0n) is 16.0. The minimum Gasteiger partial charge on any atom is -0.306 e. The average Bonchev–Trinajstić information content (AvgIpc) is 2.54. The minimum absolute atomic E-state index is 0.917. The van der Waals surface area contributed by atoms with Gasteiger partial charge in [-0.25, -0.2) is 0 Å². The van der Waals surface area contributed by atoms with Gasteiger partial charge in [-0.3, -0.25) is 0 Å². The minimum atomic E-state index is 0.917. The Labute approximate surface area is 135 Å². The second-order valence-corrected chi connectivity index (χ2v) is 6.44. The van der Waals surface area contributed by atoms with Crippen molar-refractivity contribution < 1.29 is 0 Å². The Kier molecular flexibility index (Phi) is 12.4. The molecule has 2 unspecified atom stereocenters. The fraction of sp³-hybridized carbons (Fsp3) is 1.00. The van der Waals surface area contributed by atoms with Crippen LogP contribution in [0.3, 0.4) is 0 Å². The van der Waals surface area contributed by atoms with Crippen molar-refractivity contribution in [1.82, 2.24) is 9.80 Å². The molecule has 0 aromatic rings. The number of rotatable bonds is 3. The number of hydrogen-bond acceptors (Lipinski definition) is 2. The highest BCUT2D eigenvalue weighted by molar-refractivity contribution is 4.80. The summed E-state index contributed by atoms with van der Waals surface area (Å²) < 4.78 is 0. The molecule has 128 valence electrons. The molecule has 0 bridgehead atoms. The fourth-order valence-corrected chi connectivity index (χ4v) is 3.66. The number of piperidine rings is 2. The Bertz CT molecular complexity index is 222. The molecule has 0 saturated carbocycles. The number of nitrogens with zero attached hydrogens (tertiary/aromatic N) is 2. The average molecular weight is 299 g/mol. The van der Waals surface area contributed by atoms with Gasteiger partial charge in [-0.05, 0) is 63.7 Å². The van der Waals surface area contributed by atoms with E-state index in [9.17, 15) is 0 Å². The van der Waals surface area contributed by atoms with Gasteiger partial charge in [0.15, 0.2) is 0 Å². The van der Waals surface area contributed by atoms with Gasteiger partial charge in [-0.1, -0.05) is 48.0 Å². The van der Waals surface area contributed by atoms with Crippen LogP contribution in [-0.4, -0.2) is 49.6 Å². The molecule has 2 fully saturated rings. The zero-order chi connectivity index (χ0) is 16.3. The normalized spacial score (nSPS) is 28.1. The molecule has 0 aromatic carbocycles. The predicted molar refractivity (Wildman–Crippen MR) is 96.9 cm³/mol. The lowest BCUT2D eigenvalue weighted by Gasteiger charge is -2.39. The highest BCUT2D eigenvalue weighted by atomic mass is 15.1. The Morgan fingerprint density at radius 3 is 1.95 bits per heavy atom. The Balaban J connectivity index is 0.000000921. The third-order valence-corrected chi connectivity index (χ3v) is 5.05. The largest absolute Gasteiger partial charge is 0.306 e. The topological polar surface area (TPSA) is 6.48 Å². The highest BCUT2D eigenvalue weighted by Crippen LogP contribution is 2.27. The third-order valence-electron chi connectivity index (χ3n) is 5.05. The molecule has 0 amide bonds. The van der Waals surface area contributed by atoms with Crippen molar-refractivity contribution in [3.8, 4) is 0 Å². The van der Waals surface area contributed by atoms with Crippen molar-refractivity contribution in [2.24, 2.45) is 17.8 Å². The van der Waals surface area contributed by atoms with Crippen LogP contribution in [0, 0.1) is 17.8 Å². The van der Waals surface area contributed by atoms with Gasteiger partial charge in [-0.15, -0.1) is 0 Å². The molecule has 2 atom stereocenters. The zero-order valence-corrected chi connectivity index (χ0v) is 16.0. The van der Waals surface area contributed by atoms with Gasteiger partial charge < -0.3 is 9.80 Å². The Morgan fingerprint density at radius 2 is 1.48 bits per heavy atom. The molecule has 0 spiro atoms. The first-order chi connectivity index (χ1) is 10.2. The quantitative estimate of drug-likeness (QED) is 0.742. The van der Waals surface area contributed by atoms with Crippen LogP contribution in [0.1, 0.15) is 67.2 Å². The van der Waals surface area contributed by atoms with E-state index in [2.05, 4.69) is 30.7 Å². The van der Waals surface area contributed by atoms with Crippen LogP contribution in [0.5, 0.6) is 0 Å². The van der Waals surface area contributed by atoms with Crippen molar-refractivity contribution in [3.05, 3.63) is 0 Å². The van der Waals surface area contributed by atoms with Gasteiger partial charge in [0.2, 0.25) is 0 Å². The summed E-state index contributed by atoms with van der Waals surface area (Å²) in [6.45, 7) is 19.5. The molecular formula is C19H42N2. The molecule has 0 radical (unpaired) electrons. The summed E-state index contributed by atoms with van der Waals surface area (Å²) in [5, 5.41) is 0.